The zero-order chi connectivity index (χ0) is 21.7. The Kier molecular flexibility index (Phi) is 7.63. The highest BCUT2D eigenvalue weighted by Crippen LogP contribution is 2.31. The topological polar surface area (TPSA) is 108 Å². The first-order valence-electron chi connectivity index (χ1n) is 8.69. The third kappa shape index (κ3) is 6.70. The van der Waals surface area contributed by atoms with Crippen molar-refractivity contribution in [2.45, 2.75) is 30.5 Å². The fraction of sp³-hybridized carbons (Fsp3) is 0.471. The van der Waals surface area contributed by atoms with E-state index in [-0.39, 0.29) is 32.7 Å². The van der Waals surface area contributed by atoms with Crippen LogP contribution in [0.3, 0.4) is 0 Å². The molecule has 0 saturated heterocycles. The molecule has 0 bridgehead atoms. The van der Waals surface area contributed by atoms with Crippen molar-refractivity contribution < 1.29 is 36.3 Å². The van der Waals surface area contributed by atoms with E-state index in [2.05, 4.69) is 10.8 Å². The summed E-state index contributed by atoms with van der Waals surface area (Å²) in [5.41, 5.74) is 2.06. The smallest absolute Gasteiger partial charge is 0.392 e. The molecule has 1 atom stereocenters. The molecule has 1 aromatic carbocycles. The molecule has 1 aromatic rings. The number of hydroxylamine groups is 1. The first-order valence-corrected chi connectivity index (χ1v) is 10.1. The van der Waals surface area contributed by atoms with Gasteiger partial charge in [0.1, 0.15) is 0 Å². The number of benzene rings is 1. The van der Waals surface area contributed by atoms with Crippen LogP contribution in [0.2, 0.25) is 0 Å². The lowest BCUT2D eigenvalue weighted by atomic mass is 10.2. The van der Waals surface area contributed by atoms with Crippen molar-refractivity contribution in [1.29, 1.82) is 0 Å². The van der Waals surface area contributed by atoms with Crippen molar-refractivity contribution in [3.8, 4) is 0 Å². The number of halogens is 3. The van der Waals surface area contributed by atoms with Crippen LogP contribution in [0.1, 0.15) is 18.9 Å². The second-order valence-electron chi connectivity index (χ2n) is 6.41. The largest absolute Gasteiger partial charge is 0.416 e. The second-order valence-corrected chi connectivity index (χ2v) is 8.35. The number of rotatable bonds is 8. The van der Waals surface area contributed by atoms with Gasteiger partial charge in [-0.3, -0.25) is 15.1 Å². The molecule has 1 unspecified atom stereocenters. The first kappa shape index (κ1) is 23.1. The minimum Gasteiger partial charge on any atom is -0.392 e. The monoisotopic (exact) mass is 437 g/mol. The Balaban J connectivity index is 1.92. The lowest BCUT2D eigenvalue weighted by Gasteiger charge is -2.26. The van der Waals surface area contributed by atoms with Gasteiger partial charge in [0, 0.05) is 31.8 Å². The Morgan fingerprint density at radius 3 is 2.69 bits per heavy atom. The maximum atomic E-state index is 12.8. The van der Waals surface area contributed by atoms with Crippen LogP contribution in [0.15, 0.2) is 40.9 Å². The second kappa shape index (κ2) is 9.57. The summed E-state index contributed by atoms with van der Waals surface area (Å²) in [4.78, 5) is 16.0. The van der Waals surface area contributed by atoms with Gasteiger partial charge in [-0.15, -0.1) is 0 Å². The summed E-state index contributed by atoms with van der Waals surface area (Å²) in [6.45, 7) is 1.28. The summed E-state index contributed by atoms with van der Waals surface area (Å²) >= 11 is 0. The molecule has 0 fully saturated rings. The lowest BCUT2D eigenvalue weighted by Crippen LogP contribution is -2.38. The molecule has 3 N–H and O–H groups in total. The van der Waals surface area contributed by atoms with Crippen LogP contribution in [0.25, 0.3) is 0 Å². The number of carbonyl (C=O) groups is 1. The number of aliphatic hydroxyl groups excluding tert-OH is 1. The third-order valence-electron chi connectivity index (χ3n) is 3.97. The molecule has 0 saturated carbocycles. The Morgan fingerprint density at radius 1 is 1.38 bits per heavy atom. The normalized spacial score (nSPS) is 16.8. The van der Waals surface area contributed by atoms with E-state index in [9.17, 15) is 26.4 Å². The third-order valence-corrected chi connectivity index (χ3v) is 5.83. The fourth-order valence-corrected chi connectivity index (χ4v) is 3.88. The van der Waals surface area contributed by atoms with Gasteiger partial charge in [-0.1, -0.05) is 6.07 Å². The molecule has 1 aliphatic rings. The summed E-state index contributed by atoms with van der Waals surface area (Å²) in [5, 5.41) is 11.5. The summed E-state index contributed by atoms with van der Waals surface area (Å²) in [6, 6.07) is 3.60. The van der Waals surface area contributed by atoms with E-state index < -0.39 is 38.7 Å². The van der Waals surface area contributed by atoms with E-state index in [4.69, 9.17) is 9.94 Å². The molecule has 0 aliphatic carbocycles. The number of nitrogens with one attached hydrogen (secondary N) is 2. The maximum Gasteiger partial charge on any atom is 0.416 e. The number of sulfonamides is 1. The molecule has 8 nitrogen and oxygen atoms in total. The number of hydrogen-bond donors (Lipinski definition) is 3. The number of amides is 1. The minimum atomic E-state index is -4.64. The molecule has 1 amide bonds. The zero-order valence-electron chi connectivity index (χ0n) is 15.6. The number of nitrogens with zero attached hydrogens (tertiary/aromatic N) is 1. The molecular weight excluding hydrogens is 415 g/mol. The first-order chi connectivity index (χ1) is 13.5. The Hall–Kier alpha value is -2.15. The SMILES string of the molecule is CC(O)CNC(=O)CONC1=CCN(S(=O)(=O)c2cccc(C(F)(F)F)c2)CC1. The van der Waals surface area contributed by atoms with E-state index in [1.807, 2.05) is 0 Å². The fourth-order valence-electron chi connectivity index (χ4n) is 2.45. The van der Waals surface area contributed by atoms with Gasteiger partial charge in [-0.05, 0) is 31.2 Å². The van der Waals surface area contributed by atoms with Crippen LogP contribution in [0.4, 0.5) is 13.2 Å². The van der Waals surface area contributed by atoms with Crippen molar-refractivity contribution >= 4 is 15.9 Å². The predicted octanol–water partition coefficient (Wildman–Crippen LogP) is 1.00. The molecular formula is C17H22F3N3O5S. The Labute approximate surface area is 166 Å². The van der Waals surface area contributed by atoms with E-state index in [1.165, 1.54) is 13.0 Å². The highest BCUT2D eigenvalue weighted by molar-refractivity contribution is 7.89. The number of carbonyl (C=O) groups excluding carboxylic acids is 1. The van der Waals surface area contributed by atoms with E-state index in [0.717, 1.165) is 22.5 Å². The predicted molar refractivity (Wildman–Crippen MR) is 96.7 cm³/mol. The molecule has 0 aromatic heterocycles. The number of hydrogen-bond acceptors (Lipinski definition) is 6. The average Bonchev–Trinajstić information content (AvgIpc) is 2.66. The van der Waals surface area contributed by atoms with Gasteiger partial charge in [0.05, 0.1) is 16.6 Å². The zero-order valence-corrected chi connectivity index (χ0v) is 16.4. The highest BCUT2D eigenvalue weighted by atomic mass is 32.2. The number of alkyl halides is 3. The standard InChI is InChI=1S/C17H22F3N3O5S/c1-12(24)10-21-16(25)11-28-22-14-5-7-23(8-6-14)29(26,27)15-4-2-3-13(9-15)17(18,19)20/h2-5,9,12,22,24H,6-8,10-11H2,1H3,(H,21,25). The molecule has 0 spiro atoms. The minimum absolute atomic E-state index is 0.0367. The summed E-state index contributed by atoms with van der Waals surface area (Å²) < 4.78 is 64.8. The lowest BCUT2D eigenvalue weighted by molar-refractivity contribution is -0.137. The highest BCUT2D eigenvalue weighted by Gasteiger charge is 2.33. The molecule has 162 valence electrons. The van der Waals surface area contributed by atoms with Gasteiger partial charge in [0.2, 0.25) is 15.9 Å². The van der Waals surface area contributed by atoms with Crippen LogP contribution < -0.4 is 10.8 Å². The molecule has 0 radical (unpaired) electrons. The van der Waals surface area contributed by atoms with Crippen molar-refractivity contribution in [2.24, 2.45) is 0 Å². The van der Waals surface area contributed by atoms with Gasteiger partial charge in [-0.2, -0.15) is 17.5 Å². The Bertz CT molecular complexity index is 856. The van der Waals surface area contributed by atoms with Gasteiger partial charge >= 0.3 is 6.18 Å². The van der Waals surface area contributed by atoms with Gasteiger partial charge in [0.15, 0.2) is 6.61 Å². The van der Waals surface area contributed by atoms with Crippen LogP contribution in [0, 0.1) is 0 Å². The quantitative estimate of drug-likeness (QED) is 0.524. The van der Waals surface area contributed by atoms with Crippen molar-refractivity contribution in [2.75, 3.05) is 26.2 Å². The molecule has 1 heterocycles. The van der Waals surface area contributed by atoms with E-state index in [0.29, 0.717) is 11.8 Å². The summed E-state index contributed by atoms with van der Waals surface area (Å²) in [6.07, 6.45) is -3.57. The van der Waals surface area contributed by atoms with Gasteiger partial charge < -0.3 is 10.4 Å². The molecule has 2 rings (SSSR count). The van der Waals surface area contributed by atoms with Crippen molar-refractivity contribution in [3.05, 3.63) is 41.6 Å². The van der Waals surface area contributed by atoms with Crippen LogP contribution in [-0.2, 0) is 25.8 Å². The van der Waals surface area contributed by atoms with E-state index >= 15 is 0 Å². The van der Waals surface area contributed by atoms with E-state index in [1.54, 1.807) is 0 Å². The average molecular weight is 437 g/mol. The van der Waals surface area contributed by atoms with Crippen LogP contribution >= 0.6 is 0 Å². The van der Waals surface area contributed by atoms with Gasteiger partial charge in [0.25, 0.3) is 0 Å². The molecule has 29 heavy (non-hydrogen) atoms. The van der Waals surface area contributed by atoms with Crippen molar-refractivity contribution in [1.82, 2.24) is 15.1 Å². The van der Waals surface area contributed by atoms with Gasteiger partial charge in [-0.25, -0.2) is 8.42 Å². The molecule has 1 aliphatic heterocycles. The van der Waals surface area contributed by atoms with Crippen LogP contribution in [-0.4, -0.2) is 56.1 Å². The van der Waals surface area contributed by atoms with Crippen molar-refractivity contribution in [3.63, 3.8) is 0 Å². The summed E-state index contributed by atoms with van der Waals surface area (Å²) in [7, 11) is -4.09. The summed E-state index contributed by atoms with van der Waals surface area (Å²) in [5.74, 6) is -0.441. The number of aliphatic hydroxyl groups is 1. The van der Waals surface area contributed by atoms with Crippen LogP contribution in [0.5, 0.6) is 0 Å². The maximum absolute atomic E-state index is 12.8. The molecule has 12 heteroatoms. The Morgan fingerprint density at radius 2 is 2.10 bits per heavy atom.